The van der Waals surface area contributed by atoms with Crippen molar-refractivity contribution in [2.45, 2.75) is 42.4 Å². The maximum atomic E-state index is 12.1. The van der Waals surface area contributed by atoms with Crippen molar-refractivity contribution in [3.63, 3.8) is 0 Å². The summed E-state index contributed by atoms with van der Waals surface area (Å²) in [5.41, 5.74) is 0. The van der Waals surface area contributed by atoms with Gasteiger partial charge in [0.05, 0.1) is 5.25 Å². The molecule has 3 unspecified atom stereocenters. The van der Waals surface area contributed by atoms with Gasteiger partial charge in [-0.05, 0) is 17.9 Å². The predicted molar refractivity (Wildman–Crippen MR) is 80.4 cm³/mol. The Labute approximate surface area is 116 Å². The van der Waals surface area contributed by atoms with Gasteiger partial charge in [-0.25, -0.2) is 0 Å². The van der Waals surface area contributed by atoms with Crippen molar-refractivity contribution >= 4 is 40.6 Å². The van der Waals surface area contributed by atoms with Crippen molar-refractivity contribution in [3.8, 4) is 0 Å². The smallest absolute Gasteiger partial charge is 0.147 e. The van der Waals surface area contributed by atoms with Gasteiger partial charge in [-0.3, -0.25) is 4.79 Å². The number of carbonyl (C=O) groups excluding carboxylic acids is 1. The molecule has 1 nitrogen and oxygen atoms in total. The molecular formula is C13H18OS3. The molecule has 0 bridgehead atoms. The highest BCUT2D eigenvalue weighted by Crippen LogP contribution is 2.36. The number of Topliss-reactive ketones (excluding diaryl/α,β-unsaturated/α-hetero) is 1. The van der Waals surface area contributed by atoms with Gasteiger partial charge in [0.2, 0.25) is 0 Å². The van der Waals surface area contributed by atoms with Crippen LogP contribution in [-0.2, 0) is 11.2 Å². The summed E-state index contributed by atoms with van der Waals surface area (Å²) in [6.45, 7) is 4.50. The lowest BCUT2D eigenvalue weighted by molar-refractivity contribution is -0.118. The minimum Gasteiger partial charge on any atom is -0.298 e. The van der Waals surface area contributed by atoms with Gasteiger partial charge in [-0.1, -0.05) is 19.9 Å². The molecule has 4 heteroatoms. The first-order valence-electron chi connectivity index (χ1n) is 5.99. The molecule has 2 heterocycles. The molecule has 0 N–H and O–H groups in total. The quantitative estimate of drug-likeness (QED) is 0.836. The van der Waals surface area contributed by atoms with Gasteiger partial charge in [-0.15, -0.1) is 23.1 Å². The Morgan fingerprint density at radius 1 is 1.41 bits per heavy atom. The highest BCUT2D eigenvalue weighted by Gasteiger charge is 2.29. The van der Waals surface area contributed by atoms with E-state index in [1.807, 2.05) is 23.5 Å². The molecule has 0 radical (unpaired) electrons. The molecule has 17 heavy (non-hydrogen) atoms. The Morgan fingerprint density at radius 2 is 2.24 bits per heavy atom. The second-order valence-electron chi connectivity index (χ2n) is 4.41. The Kier molecular flexibility index (Phi) is 5.00. The molecule has 0 aliphatic carbocycles. The van der Waals surface area contributed by atoms with E-state index in [4.69, 9.17) is 0 Å². The summed E-state index contributed by atoms with van der Waals surface area (Å²) in [7, 11) is 0. The number of ketones is 1. The topological polar surface area (TPSA) is 17.1 Å². The van der Waals surface area contributed by atoms with Crippen molar-refractivity contribution in [1.82, 2.24) is 0 Å². The molecule has 1 fully saturated rings. The number of carbonyl (C=O) groups is 1. The van der Waals surface area contributed by atoms with Crippen LogP contribution in [0.2, 0.25) is 0 Å². The summed E-state index contributed by atoms with van der Waals surface area (Å²) in [5.74, 6) is 1.44. The fraction of sp³-hybridized carbons (Fsp3) is 0.615. The maximum Gasteiger partial charge on any atom is 0.147 e. The molecule has 94 valence electrons. The largest absolute Gasteiger partial charge is 0.298 e. The molecule has 2 rings (SSSR count). The third kappa shape index (κ3) is 3.76. The van der Waals surface area contributed by atoms with E-state index < -0.39 is 0 Å². The highest BCUT2D eigenvalue weighted by molar-refractivity contribution is 8.08. The monoisotopic (exact) mass is 286 g/mol. The SMILES string of the molecule is CC1SCC(C(=O)CCc2cccs2)SC1C. The zero-order chi connectivity index (χ0) is 12.3. The van der Waals surface area contributed by atoms with Crippen LogP contribution in [0.4, 0.5) is 0 Å². The third-order valence-electron chi connectivity index (χ3n) is 3.11. The lowest BCUT2D eigenvalue weighted by atomic mass is 10.1. The molecule has 0 spiro atoms. The second kappa shape index (κ2) is 6.30. The van der Waals surface area contributed by atoms with Gasteiger partial charge in [-0.2, -0.15) is 11.8 Å². The van der Waals surface area contributed by atoms with E-state index in [2.05, 4.69) is 31.4 Å². The molecule has 3 atom stereocenters. The van der Waals surface area contributed by atoms with Gasteiger partial charge in [0.1, 0.15) is 5.78 Å². The van der Waals surface area contributed by atoms with Crippen LogP contribution < -0.4 is 0 Å². The van der Waals surface area contributed by atoms with Crippen LogP contribution in [0.3, 0.4) is 0 Å². The average molecular weight is 286 g/mol. The Bertz CT molecular complexity index is 361. The van der Waals surface area contributed by atoms with Crippen LogP contribution in [-0.4, -0.2) is 27.3 Å². The summed E-state index contributed by atoms with van der Waals surface area (Å²) >= 11 is 5.57. The first-order valence-corrected chi connectivity index (χ1v) is 8.86. The van der Waals surface area contributed by atoms with E-state index >= 15 is 0 Å². The summed E-state index contributed by atoms with van der Waals surface area (Å²) in [6, 6.07) is 4.17. The Hall–Kier alpha value is 0.0700. The zero-order valence-electron chi connectivity index (χ0n) is 10.2. The van der Waals surface area contributed by atoms with E-state index in [1.54, 1.807) is 11.3 Å². The lowest BCUT2D eigenvalue weighted by Gasteiger charge is -2.30. The zero-order valence-corrected chi connectivity index (χ0v) is 12.7. The van der Waals surface area contributed by atoms with Crippen LogP contribution in [0, 0.1) is 0 Å². The number of hydrogen-bond acceptors (Lipinski definition) is 4. The van der Waals surface area contributed by atoms with Gasteiger partial charge in [0.25, 0.3) is 0 Å². The van der Waals surface area contributed by atoms with Crippen molar-refractivity contribution in [2.75, 3.05) is 5.75 Å². The van der Waals surface area contributed by atoms with Crippen molar-refractivity contribution in [3.05, 3.63) is 22.4 Å². The first-order chi connectivity index (χ1) is 8.16. The molecular weight excluding hydrogens is 268 g/mol. The Morgan fingerprint density at radius 3 is 2.88 bits per heavy atom. The van der Waals surface area contributed by atoms with E-state index in [0.717, 1.165) is 12.2 Å². The molecule has 1 aliphatic rings. The molecule has 0 saturated carbocycles. The summed E-state index contributed by atoms with van der Waals surface area (Å²) in [6.07, 6.45) is 1.63. The summed E-state index contributed by atoms with van der Waals surface area (Å²) in [5, 5.41) is 3.59. The van der Waals surface area contributed by atoms with E-state index in [-0.39, 0.29) is 5.25 Å². The summed E-state index contributed by atoms with van der Waals surface area (Å²) < 4.78 is 0. The van der Waals surface area contributed by atoms with Crippen LogP contribution in [0.25, 0.3) is 0 Å². The molecule has 0 amide bonds. The van der Waals surface area contributed by atoms with Crippen LogP contribution >= 0.6 is 34.9 Å². The van der Waals surface area contributed by atoms with Gasteiger partial charge >= 0.3 is 0 Å². The van der Waals surface area contributed by atoms with Crippen LogP contribution in [0.1, 0.15) is 25.1 Å². The number of aryl methyl sites for hydroxylation is 1. The normalized spacial score (nSPS) is 29.2. The standard InChI is InChI=1S/C13H18OS3/c1-9-10(2)17-13(8-16-9)12(14)6-5-11-4-3-7-15-11/h3-4,7,9-10,13H,5-6,8H2,1-2H3. The second-order valence-corrected chi connectivity index (χ2v) is 8.44. The highest BCUT2D eigenvalue weighted by atomic mass is 32.2. The molecule has 0 aromatic carbocycles. The van der Waals surface area contributed by atoms with Gasteiger partial charge in [0.15, 0.2) is 0 Å². The summed E-state index contributed by atoms with van der Waals surface area (Å²) in [4.78, 5) is 13.4. The average Bonchev–Trinajstić information content (AvgIpc) is 2.82. The number of thioether (sulfide) groups is 2. The van der Waals surface area contributed by atoms with E-state index in [9.17, 15) is 4.79 Å². The first kappa shape index (κ1) is 13.5. The third-order valence-corrected chi connectivity index (χ3v) is 7.48. The van der Waals surface area contributed by atoms with Crippen molar-refractivity contribution in [1.29, 1.82) is 0 Å². The van der Waals surface area contributed by atoms with Crippen LogP contribution in [0.15, 0.2) is 17.5 Å². The Balaban J connectivity index is 1.80. The fourth-order valence-electron chi connectivity index (χ4n) is 1.81. The van der Waals surface area contributed by atoms with Gasteiger partial charge in [0, 0.05) is 27.6 Å². The van der Waals surface area contributed by atoms with Gasteiger partial charge < -0.3 is 0 Å². The van der Waals surface area contributed by atoms with E-state index in [1.165, 1.54) is 4.88 Å². The molecule has 1 aromatic heterocycles. The van der Waals surface area contributed by atoms with Crippen molar-refractivity contribution in [2.24, 2.45) is 0 Å². The lowest BCUT2D eigenvalue weighted by Crippen LogP contribution is -2.31. The fourth-order valence-corrected chi connectivity index (χ4v) is 5.45. The number of rotatable bonds is 4. The minimum atomic E-state index is 0.228. The minimum absolute atomic E-state index is 0.228. The molecule has 1 aromatic rings. The van der Waals surface area contributed by atoms with E-state index in [0.29, 0.717) is 22.7 Å². The molecule has 1 saturated heterocycles. The molecule has 1 aliphatic heterocycles. The number of hydrogen-bond donors (Lipinski definition) is 0. The van der Waals surface area contributed by atoms with Crippen LogP contribution in [0.5, 0.6) is 0 Å². The number of thiophene rings is 1. The maximum absolute atomic E-state index is 12.1. The van der Waals surface area contributed by atoms with Crippen molar-refractivity contribution < 1.29 is 4.79 Å². The predicted octanol–water partition coefficient (Wildman–Crippen LogP) is 3.88.